The van der Waals surface area contributed by atoms with Crippen LogP contribution < -0.4 is 0 Å². The van der Waals surface area contributed by atoms with Gasteiger partial charge in [0, 0.05) is 13.1 Å². The van der Waals surface area contributed by atoms with Crippen molar-refractivity contribution in [2.24, 2.45) is 11.8 Å². The smallest absolute Gasteiger partial charge is 0.116 e. The molecule has 0 radical (unpaired) electrons. The van der Waals surface area contributed by atoms with Gasteiger partial charge in [0.25, 0.3) is 0 Å². The molecule has 20 heavy (non-hydrogen) atoms. The molecule has 0 saturated carbocycles. The minimum absolute atomic E-state index is 0.244. The molecule has 2 heteroatoms. The van der Waals surface area contributed by atoms with Crippen molar-refractivity contribution in [2.45, 2.75) is 52.8 Å². The molecule has 2 rings (SSSR count). The molecule has 1 heterocycles. The highest BCUT2D eigenvalue weighted by Crippen LogP contribution is 2.28. The predicted octanol–water partition coefficient (Wildman–Crippen LogP) is 4.63. The Kier molecular flexibility index (Phi) is 5.20. The molecule has 1 fully saturated rings. The van der Waals surface area contributed by atoms with Crippen LogP contribution in [-0.2, 0) is 6.54 Å². The van der Waals surface area contributed by atoms with E-state index in [1.54, 1.807) is 0 Å². The number of benzene rings is 1. The SMILES string of the molecule is CC(C)c1cccc(CN2CCC(C(C)C)C(F)C2)c1. The van der Waals surface area contributed by atoms with Crippen LogP contribution in [0.25, 0.3) is 0 Å². The van der Waals surface area contributed by atoms with Gasteiger partial charge in [0.1, 0.15) is 6.17 Å². The van der Waals surface area contributed by atoms with Crippen LogP contribution in [0.2, 0.25) is 0 Å². The molecule has 1 aliphatic rings. The Morgan fingerprint density at radius 2 is 2.00 bits per heavy atom. The van der Waals surface area contributed by atoms with Gasteiger partial charge in [-0.1, -0.05) is 52.0 Å². The third kappa shape index (κ3) is 3.82. The maximum atomic E-state index is 14.2. The monoisotopic (exact) mass is 277 g/mol. The maximum absolute atomic E-state index is 14.2. The largest absolute Gasteiger partial charge is 0.296 e. The molecule has 1 saturated heterocycles. The summed E-state index contributed by atoms with van der Waals surface area (Å²) < 4.78 is 14.2. The molecule has 112 valence electrons. The number of alkyl halides is 1. The number of likely N-dealkylation sites (tertiary alicyclic amines) is 1. The van der Waals surface area contributed by atoms with Crippen LogP contribution >= 0.6 is 0 Å². The molecule has 0 aromatic heterocycles. The Labute approximate surface area is 123 Å². The summed E-state index contributed by atoms with van der Waals surface area (Å²) >= 11 is 0. The fourth-order valence-electron chi connectivity index (χ4n) is 3.19. The summed E-state index contributed by atoms with van der Waals surface area (Å²) in [4.78, 5) is 2.27. The van der Waals surface area contributed by atoms with E-state index in [2.05, 4.69) is 56.9 Å². The fourth-order valence-corrected chi connectivity index (χ4v) is 3.19. The zero-order valence-electron chi connectivity index (χ0n) is 13.3. The molecule has 0 bridgehead atoms. The first-order valence-corrected chi connectivity index (χ1v) is 7.92. The Morgan fingerprint density at radius 3 is 2.60 bits per heavy atom. The zero-order chi connectivity index (χ0) is 14.7. The van der Waals surface area contributed by atoms with E-state index >= 15 is 0 Å². The number of halogens is 1. The summed E-state index contributed by atoms with van der Waals surface area (Å²) in [6, 6.07) is 8.73. The van der Waals surface area contributed by atoms with E-state index in [0.29, 0.717) is 18.4 Å². The van der Waals surface area contributed by atoms with E-state index < -0.39 is 6.17 Å². The highest BCUT2D eigenvalue weighted by Gasteiger charge is 2.30. The molecular formula is C18H28FN. The summed E-state index contributed by atoms with van der Waals surface area (Å²) in [5, 5.41) is 0. The van der Waals surface area contributed by atoms with E-state index in [4.69, 9.17) is 0 Å². The number of rotatable bonds is 4. The van der Waals surface area contributed by atoms with E-state index in [0.717, 1.165) is 19.5 Å². The van der Waals surface area contributed by atoms with Crippen molar-refractivity contribution in [1.29, 1.82) is 0 Å². The molecule has 0 amide bonds. The van der Waals surface area contributed by atoms with Gasteiger partial charge in [-0.05, 0) is 41.8 Å². The molecule has 1 aromatic carbocycles. The lowest BCUT2D eigenvalue weighted by atomic mass is 9.85. The van der Waals surface area contributed by atoms with Crippen LogP contribution in [0, 0.1) is 11.8 Å². The topological polar surface area (TPSA) is 3.24 Å². The van der Waals surface area contributed by atoms with E-state index in [-0.39, 0.29) is 5.92 Å². The van der Waals surface area contributed by atoms with Crippen LogP contribution in [0.15, 0.2) is 24.3 Å². The second kappa shape index (κ2) is 6.71. The van der Waals surface area contributed by atoms with Crippen LogP contribution in [-0.4, -0.2) is 24.2 Å². The lowest BCUT2D eigenvalue weighted by Crippen LogP contribution is -2.43. The van der Waals surface area contributed by atoms with Gasteiger partial charge in [-0.15, -0.1) is 0 Å². The molecular weight excluding hydrogens is 249 g/mol. The van der Waals surface area contributed by atoms with Crippen molar-refractivity contribution >= 4 is 0 Å². The molecule has 2 atom stereocenters. The first kappa shape index (κ1) is 15.5. The lowest BCUT2D eigenvalue weighted by Gasteiger charge is -2.36. The van der Waals surface area contributed by atoms with Crippen LogP contribution in [0.3, 0.4) is 0 Å². The third-order valence-corrected chi connectivity index (χ3v) is 4.56. The van der Waals surface area contributed by atoms with E-state index in [1.165, 1.54) is 11.1 Å². The number of hydrogen-bond acceptors (Lipinski definition) is 1. The highest BCUT2D eigenvalue weighted by molar-refractivity contribution is 5.25. The second-order valence-electron chi connectivity index (χ2n) is 6.85. The van der Waals surface area contributed by atoms with Crippen molar-refractivity contribution in [3.8, 4) is 0 Å². The van der Waals surface area contributed by atoms with Crippen molar-refractivity contribution < 1.29 is 4.39 Å². The molecule has 0 aliphatic carbocycles. The van der Waals surface area contributed by atoms with Gasteiger partial charge in [-0.2, -0.15) is 0 Å². The van der Waals surface area contributed by atoms with Crippen molar-refractivity contribution in [2.75, 3.05) is 13.1 Å². The lowest BCUT2D eigenvalue weighted by molar-refractivity contribution is 0.0574. The van der Waals surface area contributed by atoms with E-state index in [9.17, 15) is 4.39 Å². The summed E-state index contributed by atoms with van der Waals surface area (Å²) in [6.45, 7) is 11.2. The Bertz CT molecular complexity index is 427. The predicted molar refractivity (Wildman–Crippen MR) is 83.6 cm³/mol. The fraction of sp³-hybridized carbons (Fsp3) is 0.667. The number of nitrogens with zero attached hydrogens (tertiary/aromatic N) is 1. The minimum atomic E-state index is -0.669. The van der Waals surface area contributed by atoms with Gasteiger partial charge < -0.3 is 0 Å². The van der Waals surface area contributed by atoms with Gasteiger partial charge in [0.15, 0.2) is 0 Å². The zero-order valence-corrected chi connectivity index (χ0v) is 13.3. The molecule has 0 spiro atoms. The Balaban J connectivity index is 1.96. The standard InChI is InChI=1S/C18H28FN/c1-13(2)16-7-5-6-15(10-16)11-20-9-8-17(14(3)4)18(19)12-20/h5-7,10,13-14,17-18H,8-9,11-12H2,1-4H3. The number of hydrogen-bond donors (Lipinski definition) is 0. The number of piperidine rings is 1. The van der Waals surface area contributed by atoms with Crippen LogP contribution in [0.4, 0.5) is 4.39 Å². The first-order valence-electron chi connectivity index (χ1n) is 7.92. The normalized spacial score (nSPS) is 24.6. The van der Waals surface area contributed by atoms with Crippen molar-refractivity contribution in [3.05, 3.63) is 35.4 Å². The second-order valence-corrected chi connectivity index (χ2v) is 6.85. The quantitative estimate of drug-likeness (QED) is 0.776. The molecule has 1 aromatic rings. The van der Waals surface area contributed by atoms with Crippen LogP contribution in [0.1, 0.15) is 51.2 Å². The summed E-state index contributed by atoms with van der Waals surface area (Å²) in [6.07, 6.45) is 0.319. The van der Waals surface area contributed by atoms with Crippen LogP contribution in [0.5, 0.6) is 0 Å². The molecule has 0 N–H and O–H groups in total. The summed E-state index contributed by atoms with van der Waals surface area (Å²) in [7, 11) is 0. The minimum Gasteiger partial charge on any atom is -0.296 e. The van der Waals surface area contributed by atoms with Gasteiger partial charge in [-0.25, -0.2) is 4.39 Å². The van der Waals surface area contributed by atoms with Gasteiger partial charge in [0.2, 0.25) is 0 Å². The van der Waals surface area contributed by atoms with Gasteiger partial charge >= 0.3 is 0 Å². The Morgan fingerprint density at radius 1 is 1.25 bits per heavy atom. The van der Waals surface area contributed by atoms with Gasteiger partial charge in [-0.3, -0.25) is 4.90 Å². The Hall–Kier alpha value is -0.890. The summed E-state index contributed by atoms with van der Waals surface area (Å²) in [5.74, 6) is 1.25. The van der Waals surface area contributed by atoms with Crippen molar-refractivity contribution in [3.63, 3.8) is 0 Å². The summed E-state index contributed by atoms with van der Waals surface area (Å²) in [5.41, 5.74) is 2.68. The van der Waals surface area contributed by atoms with E-state index in [1.807, 2.05) is 0 Å². The highest BCUT2D eigenvalue weighted by atomic mass is 19.1. The van der Waals surface area contributed by atoms with Gasteiger partial charge in [0.05, 0.1) is 0 Å². The molecule has 1 nitrogen and oxygen atoms in total. The van der Waals surface area contributed by atoms with Crippen molar-refractivity contribution in [1.82, 2.24) is 4.90 Å². The average molecular weight is 277 g/mol. The maximum Gasteiger partial charge on any atom is 0.116 e. The molecule has 1 aliphatic heterocycles. The first-order chi connectivity index (χ1) is 9.47. The third-order valence-electron chi connectivity index (χ3n) is 4.56. The molecule has 2 unspecified atom stereocenters. The average Bonchev–Trinajstić information content (AvgIpc) is 2.38.